The number of allylic oxidation sites excluding steroid dienone is 12. The Morgan fingerprint density at radius 2 is 1.14 bits per heavy atom. The summed E-state index contributed by atoms with van der Waals surface area (Å²) in [4.78, 5) is 0. The van der Waals surface area contributed by atoms with E-state index in [1.165, 1.54) is 111 Å². The molecule has 0 aromatic heterocycles. The molecule has 218 valence electrons. The summed E-state index contributed by atoms with van der Waals surface area (Å²) in [7, 11) is 0. The molecule has 0 atom stereocenters. The summed E-state index contributed by atoms with van der Waals surface area (Å²) in [5.74, 6) is 0. The molecular weight excluding hydrogens is 508 g/mol. The maximum absolute atomic E-state index is 3.73. The van der Waals surface area contributed by atoms with Gasteiger partial charge < -0.3 is 10.6 Å². The van der Waals surface area contributed by atoms with Crippen molar-refractivity contribution in [2.24, 2.45) is 0 Å². The van der Waals surface area contributed by atoms with Gasteiger partial charge in [-0.3, -0.25) is 0 Å². The molecular formula is C40H48N2. The lowest BCUT2D eigenvalue weighted by atomic mass is 9.78. The van der Waals surface area contributed by atoms with Gasteiger partial charge in [-0.15, -0.1) is 0 Å². The van der Waals surface area contributed by atoms with E-state index < -0.39 is 0 Å². The van der Waals surface area contributed by atoms with Gasteiger partial charge in [-0.25, -0.2) is 0 Å². The molecule has 0 radical (unpaired) electrons. The highest BCUT2D eigenvalue weighted by Crippen LogP contribution is 2.41. The summed E-state index contributed by atoms with van der Waals surface area (Å²) < 4.78 is 0. The zero-order valence-electron chi connectivity index (χ0n) is 25.6. The fourth-order valence-corrected chi connectivity index (χ4v) is 6.72. The van der Waals surface area contributed by atoms with Crippen molar-refractivity contribution >= 4 is 22.5 Å². The summed E-state index contributed by atoms with van der Waals surface area (Å²) in [5, 5.41) is 7.31. The van der Waals surface area contributed by atoms with Crippen LogP contribution in [0.1, 0.15) is 114 Å². The van der Waals surface area contributed by atoms with Crippen LogP contribution in [-0.4, -0.2) is 0 Å². The van der Waals surface area contributed by atoms with Crippen molar-refractivity contribution in [1.29, 1.82) is 0 Å². The molecule has 2 aromatic carbocycles. The maximum Gasteiger partial charge on any atom is 0.0384 e. The minimum Gasteiger partial charge on any atom is -0.362 e. The Balaban J connectivity index is 0.976. The number of rotatable bonds is 13. The van der Waals surface area contributed by atoms with Gasteiger partial charge >= 0.3 is 0 Å². The quantitative estimate of drug-likeness (QED) is 0.240. The highest BCUT2D eigenvalue weighted by atomic mass is 14.9. The fraction of sp³-hybridized carbons (Fsp3) is 0.400. The normalized spacial score (nSPS) is 18.2. The molecule has 2 heteroatoms. The molecule has 0 heterocycles. The van der Waals surface area contributed by atoms with Crippen LogP contribution in [-0.2, 0) is 0 Å². The van der Waals surface area contributed by atoms with Gasteiger partial charge in [-0.2, -0.15) is 0 Å². The highest BCUT2D eigenvalue weighted by molar-refractivity contribution is 5.74. The van der Waals surface area contributed by atoms with E-state index in [0.717, 1.165) is 30.6 Å². The monoisotopic (exact) mass is 556 g/mol. The van der Waals surface area contributed by atoms with Gasteiger partial charge in [-0.05, 0) is 128 Å². The lowest BCUT2D eigenvalue weighted by Crippen LogP contribution is -2.16. The molecule has 2 nitrogen and oxygen atoms in total. The average molecular weight is 557 g/mol. The Morgan fingerprint density at radius 1 is 0.524 bits per heavy atom. The molecule has 0 aliphatic heterocycles. The topological polar surface area (TPSA) is 24.1 Å². The van der Waals surface area contributed by atoms with E-state index >= 15 is 0 Å². The predicted molar refractivity (Wildman–Crippen MR) is 181 cm³/mol. The third kappa shape index (κ3) is 7.46. The van der Waals surface area contributed by atoms with Gasteiger partial charge in [0.1, 0.15) is 0 Å². The summed E-state index contributed by atoms with van der Waals surface area (Å²) in [6.45, 7) is 2.29. The third-order valence-corrected chi connectivity index (χ3v) is 9.55. The zero-order chi connectivity index (χ0) is 28.6. The number of nitrogens with one attached hydrogen (secondary N) is 2. The minimum atomic E-state index is 1.07. The number of hydrogen-bond donors (Lipinski definition) is 2. The summed E-state index contributed by atoms with van der Waals surface area (Å²) in [6, 6.07) is 17.9. The zero-order valence-corrected chi connectivity index (χ0v) is 25.6. The largest absolute Gasteiger partial charge is 0.362 e. The number of hydrogen-bond acceptors (Lipinski definition) is 2. The van der Waals surface area contributed by atoms with Gasteiger partial charge in [0.25, 0.3) is 0 Å². The van der Waals surface area contributed by atoms with Crippen LogP contribution < -0.4 is 10.6 Å². The second-order valence-corrected chi connectivity index (χ2v) is 12.6. The first-order chi connectivity index (χ1) is 20.7. The number of benzene rings is 2. The molecule has 0 amide bonds. The molecule has 0 saturated heterocycles. The Hall–Kier alpha value is -3.52. The van der Waals surface area contributed by atoms with E-state index in [1.807, 2.05) is 0 Å². The molecule has 4 aliphatic rings. The lowest BCUT2D eigenvalue weighted by molar-refractivity contribution is 0.600. The highest BCUT2D eigenvalue weighted by Gasteiger charge is 2.20. The lowest BCUT2D eigenvalue weighted by Gasteiger charge is -2.27. The summed E-state index contributed by atoms with van der Waals surface area (Å²) in [5.41, 5.74) is 15.5. The van der Waals surface area contributed by atoms with Crippen molar-refractivity contribution in [2.45, 2.75) is 103 Å². The van der Waals surface area contributed by atoms with Crippen molar-refractivity contribution in [3.8, 4) is 0 Å². The van der Waals surface area contributed by atoms with Crippen molar-refractivity contribution in [3.05, 3.63) is 118 Å². The molecule has 6 rings (SSSR count). The number of anilines is 2. The SMILES string of the molecule is CCCCCCCCC1=CC=C(NC2=CC=C(c3ccc(Nc4ccc(C5=CC6=C(CC5)CC6)cc4)cc3)CC2)CC1. The molecule has 0 fully saturated rings. The first-order valence-electron chi connectivity index (χ1n) is 16.7. The standard InChI is InChI=1S/C40H48N2/c1-2-3-4-5-6-7-8-30-9-21-37(22-10-30)41-38-23-15-31(16-24-38)32-17-25-39(26-18-32)42-40-27-19-34(20-28-40)36-14-12-33-11-13-35(33)29-36/h9,15,17-21,23,25-29,41-42H,2-8,10-14,16,22,24H2,1H3. The molecule has 4 aliphatic carbocycles. The van der Waals surface area contributed by atoms with Crippen LogP contribution in [0.15, 0.2) is 107 Å². The molecule has 2 aromatic rings. The van der Waals surface area contributed by atoms with Gasteiger partial charge in [0.15, 0.2) is 0 Å². The van der Waals surface area contributed by atoms with Crippen molar-refractivity contribution in [2.75, 3.05) is 5.32 Å². The third-order valence-electron chi connectivity index (χ3n) is 9.55. The van der Waals surface area contributed by atoms with Gasteiger partial charge in [-0.1, -0.05) is 92.7 Å². The van der Waals surface area contributed by atoms with Crippen molar-refractivity contribution in [1.82, 2.24) is 5.32 Å². The van der Waals surface area contributed by atoms with E-state index in [9.17, 15) is 0 Å². The average Bonchev–Trinajstić information content (AvgIpc) is 3.02. The van der Waals surface area contributed by atoms with Crippen LogP contribution in [0.3, 0.4) is 0 Å². The molecule has 0 saturated carbocycles. The van der Waals surface area contributed by atoms with E-state index in [0.29, 0.717) is 0 Å². The van der Waals surface area contributed by atoms with E-state index in [4.69, 9.17) is 0 Å². The summed E-state index contributed by atoms with van der Waals surface area (Å²) >= 11 is 0. The number of unbranched alkanes of at least 4 members (excludes halogenated alkanes) is 5. The maximum atomic E-state index is 3.73. The van der Waals surface area contributed by atoms with Gasteiger partial charge in [0.2, 0.25) is 0 Å². The Bertz CT molecular complexity index is 1420. The first kappa shape index (κ1) is 28.6. The van der Waals surface area contributed by atoms with Gasteiger partial charge in [0.05, 0.1) is 0 Å². The van der Waals surface area contributed by atoms with E-state index in [1.54, 1.807) is 16.7 Å². The van der Waals surface area contributed by atoms with Crippen LogP contribution >= 0.6 is 0 Å². The molecule has 0 spiro atoms. The molecule has 42 heavy (non-hydrogen) atoms. The molecule has 0 unspecified atom stereocenters. The van der Waals surface area contributed by atoms with E-state index in [-0.39, 0.29) is 0 Å². The Morgan fingerprint density at radius 3 is 1.74 bits per heavy atom. The first-order valence-corrected chi connectivity index (χ1v) is 16.7. The second kappa shape index (κ2) is 14.1. The minimum absolute atomic E-state index is 1.07. The van der Waals surface area contributed by atoms with E-state index in [2.05, 4.69) is 96.5 Å². The van der Waals surface area contributed by atoms with Crippen molar-refractivity contribution in [3.63, 3.8) is 0 Å². The molecule has 2 N–H and O–H groups in total. The predicted octanol–water partition coefficient (Wildman–Crippen LogP) is 11.7. The van der Waals surface area contributed by atoms with Gasteiger partial charge in [0, 0.05) is 22.8 Å². The molecule has 0 bridgehead atoms. The van der Waals surface area contributed by atoms with Crippen LogP contribution in [0.4, 0.5) is 11.4 Å². The van der Waals surface area contributed by atoms with Crippen molar-refractivity contribution < 1.29 is 0 Å². The fourth-order valence-electron chi connectivity index (χ4n) is 6.72. The van der Waals surface area contributed by atoms with Crippen LogP contribution in [0.2, 0.25) is 0 Å². The summed E-state index contributed by atoms with van der Waals surface area (Å²) in [6.07, 6.45) is 30.8. The van der Waals surface area contributed by atoms with Crippen LogP contribution in [0.5, 0.6) is 0 Å². The Labute approximate surface area is 254 Å². The van der Waals surface area contributed by atoms with Crippen LogP contribution in [0, 0.1) is 0 Å². The Kier molecular flexibility index (Phi) is 9.60. The smallest absolute Gasteiger partial charge is 0.0384 e. The second-order valence-electron chi connectivity index (χ2n) is 12.6. The van der Waals surface area contributed by atoms with Crippen LogP contribution in [0.25, 0.3) is 11.1 Å².